The van der Waals surface area contributed by atoms with Crippen LogP contribution < -0.4 is 4.74 Å². The smallest absolute Gasteiger partial charge is 0.316 e. The van der Waals surface area contributed by atoms with Gasteiger partial charge in [-0.15, -0.1) is 0 Å². The summed E-state index contributed by atoms with van der Waals surface area (Å²) >= 11 is 0. The zero-order chi connectivity index (χ0) is 13.8. The molecule has 0 bridgehead atoms. The maximum atomic E-state index is 5.60. The Morgan fingerprint density at radius 3 is 2.42 bits per heavy atom. The van der Waals surface area contributed by atoms with Gasteiger partial charge in [0.2, 0.25) is 0 Å². The quantitative estimate of drug-likeness (QED) is 0.550. The largest absolute Gasteiger partial charge is 0.463 e. The number of hydrogen-bond donors (Lipinski definition) is 0. The van der Waals surface area contributed by atoms with Crippen LogP contribution in [0.25, 0.3) is 0 Å². The number of ether oxygens (including phenoxy) is 1. The van der Waals surface area contributed by atoms with E-state index in [4.69, 9.17) is 4.74 Å². The molecule has 0 saturated carbocycles. The molecule has 0 aliphatic heterocycles. The van der Waals surface area contributed by atoms with E-state index in [1.54, 1.807) is 0 Å². The molecule has 0 N–H and O–H groups in total. The van der Waals surface area contributed by atoms with Crippen molar-refractivity contribution in [2.24, 2.45) is 0 Å². The lowest BCUT2D eigenvalue weighted by Gasteiger charge is -2.05. The van der Waals surface area contributed by atoms with E-state index in [-0.39, 0.29) is 0 Å². The van der Waals surface area contributed by atoms with Gasteiger partial charge in [0.15, 0.2) is 0 Å². The molecule has 108 valence electrons. The second-order valence-corrected chi connectivity index (χ2v) is 5.05. The minimum Gasteiger partial charge on any atom is -0.463 e. The normalized spacial score (nSPS) is 10.6. The first-order valence-corrected chi connectivity index (χ1v) is 7.81. The van der Waals surface area contributed by atoms with Crippen molar-refractivity contribution < 1.29 is 4.74 Å². The molecule has 1 aromatic heterocycles. The number of rotatable bonds is 11. The van der Waals surface area contributed by atoms with Gasteiger partial charge < -0.3 is 4.74 Å². The molecule has 1 aromatic rings. The Labute approximate surface area is 117 Å². The highest BCUT2D eigenvalue weighted by molar-refractivity contribution is 5.05. The van der Waals surface area contributed by atoms with E-state index in [0.717, 1.165) is 25.1 Å². The summed E-state index contributed by atoms with van der Waals surface area (Å²) in [5.41, 5.74) is 1.11. The molecule has 0 unspecified atom stereocenters. The molecule has 1 heterocycles. The standard InChI is InChI=1S/C16H28N2O/c1-3-5-7-9-11-15-12-13-17-16(18-15)19-14-10-8-6-4-2/h12-13H,3-11,14H2,1-2H3. The van der Waals surface area contributed by atoms with Crippen LogP contribution in [-0.2, 0) is 6.42 Å². The van der Waals surface area contributed by atoms with Crippen LogP contribution in [0.15, 0.2) is 12.3 Å². The lowest BCUT2D eigenvalue weighted by molar-refractivity contribution is 0.280. The first-order chi connectivity index (χ1) is 9.36. The third-order valence-corrected chi connectivity index (χ3v) is 3.21. The van der Waals surface area contributed by atoms with Crippen molar-refractivity contribution in [3.8, 4) is 6.01 Å². The summed E-state index contributed by atoms with van der Waals surface area (Å²) < 4.78 is 5.60. The topological polar surface area (TPSA) is 35.0 Å². The lowest BCUT2D eigenvalue weighted by Crippen LogP contribution is -2.02. The van der Waals surface area contributed by atoms with Gasteiger partial charge in [0.05, 0.1) is 6.61 Å². The van der Waals surface area contributed by atoms with Crippen molar-refractivity contribution in [1.29, 1.82) is 0 Å². The highest BCUT2D eigenvalue weighted by atomic mass is 16.5. The first kappa shape index (κ1) is 15.9. The average molecular weight is 264 g/mol. The molecule has 0 saturated heterocycles. The van der Waals surface area contributed by atoms with Crippen molar-refractivity contribution in [3.05, 3.63) is 18.0 Å². The summed E-state index contributed by atoms with van der Waals surface area (Å²) in [6, 6.07) is 2.54. The van der Waals surface area contributed by atoms with Gasteiger partial charge in [-0.25, -0.2) is 9.97 Å². The maximum Gasteiger partial charge on any atom is 0.316 e. The average Bonchev–Trinajstić information content (AvgIpc) is 2.44. The third-order valence-electron chi connectivity index (χ3n) is 3.21. The fourth-order valence-corrected chi connectivity index (χ4v) is 2.01. The summed E-state index contributed by atoms with van der Waals surface area (Å²) in [7, 11) is 0. The Bertz CT molecular complexity index is 328. The van der Waals surface area contributed by atoms with Crippen LogP contribution in [0, 0.1) is 0 Å². The van der Waals surface area contributed by atoms with Crippen LogP contribution in [-0.4, -0.2) is 16.6 Å². The SMILES string of the molecule is CCCCCCOc1nccc(CCCCCC)n1. The van der Waals surface area contributed by atoms with Crippen molar-refractivity contribution in [2.75, 3.05) is 6.61 Å². The fourth-order valence-electron chi connectivity index (χ4n) is 2.01. The van der Waals surface area contributed by atoms with Gasteiger partial charge in [0, 0.05) is 11.9 Å². The molecule has 0 atom stereocenters. The molecule has 0 fully saturated rings. The second-order valence-electron chi connectivity index (χ2n) is 5.05. The molecule has 3 nitrogen and oxygen atoms in total. The molecule has 19 heavy (non-hydrogen) atoms. The van der Waals surface area contributed by atoms with E-state index in [9.17, 15) is 0 Å². The number of aryl methyl sites for hydroxylation is 1. The van der Waals surface area contributed by atoms with Gasteiger partial charge in [-0.1, -0.05) is 52.4 Å². The van der Waals surface area contributed by atoms with E-state index >= 15 is 0 Å². The summed E-state index contributed by atoms with van der Waals surface area (Å²) in [6.45, 7) is 5.18. The van der Waals surface area contributed by atoms with Crippen LogP contribution in [0.1, 0.15) is 70.9 Å². The zero-order valence-electron chi connectivity index (χ0n) is 12.5. The maximum absolute atomic E-state index is 5.60. The summed E-state index contributed by atoms with van der Waals surface area (Å²) in [6.07, 6.45) is 12.8. The van der Waals surface area contributed by atoms with Crippen LogP contribution in [0.4, 0.5) is 0 Å². The highest BCUT2D eigenvalue weighted by Crippen LogP contribution is 2.09. The van der Waals surface area contributed by atoms with Crippen molar-refractivity contribution in [2.45, 2.75) is 71.6 Å². The Hall–Kier alpha value is -1.12. The predicted molar refractivity (Wildman–Crippen MR) is 79.5 cm³/mol. The van der Waals surface area contributed by atoms with E-state index < -0.39 is 0 Å². The second kappa shape index (κ2) is 10.8. The predicted octanol–water partition coefficient (Wildman–Crippen LogP) is 4.56. The summed E-state index contributed by atoms with van der Waals surface area (Å²) in [5, 5.41) is 0. The van der Waals surface area contributed by atoms with Crippen molar-refractivity contribution >= 4 is 0 Å². The van der Waals surface area contributed by atoms with Gasteiger partial charge in [0.1, 0.15) is 0 Å². The minimum absolute atomic E-state index is 0.546. The van der Waals surface area contributed by atoms with Gasteiger partial charge in [-0.2, -0.15) is 0 Å². The summed E-state index contributed by atoms with van der Waals surface area (Å²) in [4.78, 5) is 8.62. The summed E-state index contributed by atoms with van der Waals surface area (Å²) in [5.74, 6) is 0. The molecule has 0 radical (unpaired) electrons. The molecule has 0 spiro atoms. The van der Waals surface area contributed by atoms with Gasteiger partial charge in [0.25, 0.3) is 0 Å². The Balaban J connectivity index is 2.23. The molecule has 3 heteroatoms. The van der Waals surface area contributed by atoms with Crippen LogP contribution in [0.2, 0.25) is 0 Å². The van der Waals surface area contributed by atoms with E-state index in [1.165, 1.54) is 44.9 Å². The monoisotopic (exact) mass is 264 g/mol. The van der Waals surface area contributed by atoms with E-state index in [0.29, 0.717) is 6.01 Å². The minimum atomic E-state index is 0.546. The van der Waals surface area contributed by atoms with Crippen LogP contribution >= 0.6 is 0 Å². The Kier molecular flexibility index (Phi) is 9.03. The van der Waals surface area contributed by atoms with Gasteiger partial charge in [-0.3, -0.25) is 0 Å². The molecule has 1 rings (SSSR count). The number of nitrogens with zero attached hydrogens (tertiary/aromatic N) is 2. The molecule has 0 aliphatic rings. The Morgan fingerprint density at radius 2 is 1.68 bits per heavy atom. The molecule has 0 aromatic carbocycles. The van der Waals surface area contributed by atoms with Crippen molar-refractivity contribution in [1.82, 2.24) is 9.97 Å². The first-order valence-electron chi connectivity index (χ1n) is 7.81. The molecular weight excluding hydrogens is 236 g/mol. The van der Waals surface area contributed by atoms with Crippen LogP contribution in [0.3, 0.4) is 0 Å². The van der Waals surface area contributed by atoms with E-state index in [1.807, 2.05) is 12.3 Å². The van der Waals surface area contributed by atoms with E-state index in [2.05, 4.69) is 23.8 Å². The lowest BCUT2D eigenvalue weighted by atomic mass is 10.1. The van der Waals surface area contributed by atoms with Crippen LogP contribution in [0.5, 0.6) is 6.01 Å². The van der Waals surface area contributed by atoms with Crippen molar-refractivity contribution in [3.63, 3.8) is 0 Å². The third kappa shape index (κ3) is 7.81. The van der Waals surface area contributed by atoms with Gasteiger partial charge in [-0.05, 0) is 25.3 Å². The molecular formula is C16H28N2O. The number of hydrogen-bond acceptors (Lipinski definition) is 3. The fraction of sp³-hybridized carbons (Fsp3) is 0.750. The van der Waals surface area contributed by atoms with Gasteiger partial charge >= 0.3 is 6.01 Å². The Morgan fingerprint density at radius 1 is 0.947 bits per heavy atom. The highest BCUT2D eigenvalue weighted by Gasteiger charge is 2.00. The molecule has 0 amide bonds. The number of unbranched alkanes of at least 4 members (excludes halogenated alkanes) is 6. The number of aromatic nitrogens is 2. The zero-order valence-corrected chi connectivity index (χ0v) is 12.5. The molecule has 0 aliphatic carbocycles.